The number of benzene rings is 1. The average Bonchev–Trinajstić information content (AvgIpc) is 2.86. The van der Waals surface area contributed by atoms with Gasteiger partial charge < -0.3 is 10.0 Å². The lowest BCUT2D eigenvalue weighted by atomic mass is 10.1. The van der Waals surface area contributed by atoms with Gasteiger partial charge in [-0.3, -0.25) is 4.79 Å². The molecule has 1 heterocycles. The van der Waals surface area contributed by atoms with Crippen molar-refractivity contribution in [2.75, 3.05) is 13.2 Å². The van der Waals surface area contributed by atoms with Gasteiger partial charge in [0.1, 0.15) is 0 Å². The van der Waals surface area contributed by atoms with Crippen LogP contribution in [0.2, 0.25) is 5.02 Å². The number of halogens is 2. The maximum absolute atomic E-state index is 12.6. The third-order valence-electron chi connectivity index (χ3n) is 3.49. The topological polar surface area (TPSA) is 40.5 Å². The standard InChI is InChI=1S/C14H17BrClNO2/c15-10-5-6-13(16)12(9-10)14(19)17-7-1-3-11(17)4-2-8-18/h5-6,9,11,18H,1-4,7-8H2. The molecule has 0 radical (unpaired) electrons. The molecule has 3 nitrogen and oxygen atoms in total. The first-order valence-electron chi connectivity index (χ1n) is 6.50. The van der Waals surface area contributed by atoms with Gasteiger partial charge in [-0.15, -0.1) is 0 Å². The molecule has 1 aromatic rings. The highest BCUT2D eigenvalue weighted by Gasteiger charge is 2.29. The lowest BCUT2D eigenvalue weighted by Gasteiger charge is -2.25. The van der Waals surface area contributed by atoms with E-state index in [1.165, 1.54) is 0 Å². The minimum absolute atomic E-state index is 0.00765. The summed E-state index contributed by atoms with van der Waals surface area (Å²) < 4.78 is 0.853. The van der Waals surface area contributed by atoms with Crippen LogP contribution in [0.4, 0.5) is 0 Å². The molecule has 0 saturated carbocycles. The van der Waals surface area contributed by atoms with Gasteiger partial charge >= 0.3 is 0 Å². The Kier molecular flexibility index (Phi) is 5.25. The molecule has 0 aromatic heterocycles. The van der Waals surface area contributed by atoms with E-state index in [0.717, 1.165) is 36.7 Å². The van der Waals surface area contributed by atoms with E-state index in [1.807, 2.05) is 11.0 Å². The van der Waals surface area contributed by atoms with Crippen LogP contribution in [-0.4, -0.2) is 35.1 Å². The van der Waals surface area contributed by atoms with Gasteiger partial charge in [0.05, 0.1) is 10.6 Å². The Morgan fingerprint density at radius 2 is 2.32 bits per heavy atom. The summed E-state index contributed by atoms with van der Waals surface area (Å²) in [4.78, 5) is 14.4. The molecule has 1 amide bonds. The van der Waals surface area contributed by atoms with Gasteiger partial charge in [-0.1, -0.05) is 27.5 Å². The molecule has 2 rings (SSSR count). The fourth-order valence-corrected chi connectivity index (χ4v) is 3.11. The molecule has 1 aliphatic rings. The molecule has 104 valence electrons. The summed E-state index contributed by atoms with van der Waals surface area (Å²) in [5, 5.41) is 9.41. The van der Waals surface area contributed by atoms with Crippen molar-refractivity contribution >= 4 is 33.4 Å². The number of carbonyl (C=O) groups excluding carboxylic acids is 1. The number of aliphatic hydroxyl groups excluding tert-OH is 1. The predicted octanol–water partition coefficient (Wildman–Crippen LogP) is 3.48. The Hall–Kier alpha value is -0.580. The van der Waals surface area contributed by atoms with Crippen molar-refractivity contribution in [2.24, 2.45) is 0 Å². The van der Waals surface area contributed by atoms with Gasteiger partial charge in [-0.25, -0.2) is 0 Å². The quantitative estimate of drug-likeness (QED) is 0.907. The number of carbonyl (C=O) groups is 1. The highest BCUT2D eigenvalue weighted by Crippen LogP contribution is 2.27. The van der Waals surface area contributed by atoms with E-state index in [4.69, 9.17) is 16.7 Å². The van der Waals surface area contributed by atoms with Crippen molar-refractivity contribution in [3.63, 3.8) is 0 Å². The van der Waals surface area contributed by atoms with Crippen LogP contribution in [0.15, 0.2) is 22.7 Å². The van der Waals surface area contributed by atoms with Crippen molar-refractivity contribution in [3.05, 3.63) is 33.3 Å². The summed E-state index contributed by atoms with van der Waals surface area (Å²) >= 11 is 9.48. The van der Waals surface area contributed by atoms with Crippen LogP contribution in [0.25, 0.3) is 0 Å². The highest BCUT2D eigenvalue weighted by atomic mass is 79.9. The van der Waals surface area contributed by atoms with Gasteiger partial charge in [0.15, 0.2) is 0 Å². The van der Waals surface area contributed by atoms with Crippen LogP contribution in [0.1, 0.15) is 36.0 Å². The first kappa shape index (κ1) is 14.8. The van der Waals surface area contributed by atoms with Crippen LogP contribution in [-0.2, 0) is 0 Å². The first-order valence-corrected chi connectivity index (χ1v) is 7.67. The molecule has 0 spiro atoms. The van der Waals surface area contributed by atoms with E-state index < -0.39 is 0 Å². The summed E-state index contributed by atoms with van der Waals surface area (Å²) in [6.07, 6.45) is 3.62. The molecule has 19 heavy (non-hydrogen) atoms. The largest absolute Gasteiger partial charge is 0.396 e. The molecular formula is C14H17BrClNO2. The smallest absolute Gasteiger partial charge is 0.255 e. The molecule has 0 aliphatic carbocycles. The molecule has 1 N–H and O–H groups in total. The van der Waals surface area contributed by atoms with Crippen LogP contribution in [0, 0.1) is 0 Å². The Bertz CT molecular complexity index is 467. The molecule has 0 bridgehead atoms. The van der Waals surface area contributed by atoms with Crippen LogP contribution >= 0.6 is 27.5 Å². The molecular weight excluding hydrogens is 330 g/mol. The Morgan fingerprint density at radius 1 is 1.53 bits per heavy atom. The van der Waals surface area contributed by atoms with Crippen molar-refractivity contribution in [1.29, 1.82) is 0 Å². The monoisotopic (exact) mass is 345 g/mol. The minimum Gasteiger partial charge on any atom is -0.396 e. The number of amides is 1. The summed E-state index contributed by atoms with van der Waals surface area (Å²) in [7, 11) is 0. The van der Waals surface area contributed by atoms with Gasteiger partial charge in [0, 0.05) is 23.7 Å². The Morgan fingerprint density at radius 3 is 3.05 bits per heavy atom. The van der Waals surface area contributed by atoms with E-state index in [9.17, 15) is 4.79 Å². The zero-order chi connectivity index (χ0) is 13.8. The zero-order valence-electron chi connectivity index (χ0n) is 10.6. The van der Waals surface area contributed by atoms with Crippen molar-refractivity contribution < 1.29 is 9.90 Å². The lowest BCUT2D eigenvalue weighted by molar-refractivity contribution is 0.0724. The average molecular weight is 347 g/mol. The van der Waals surface area contributed by atoms with Crippen molar-refractivity contribution in [1.82, 2.24) is 4.90 Å². The van der Waals surface area contributed by atoms with E-state index in [1.54, 1.807) is 12.1 Å². The lowest BCUT2D eigenvalue weighted by Crippen LogP contribution is -2.35. The summed E-state index contributed by atoms with van der Waals surface area (Å²) in [5.74, 6) is -0.00765. The first-order chi connectivity index (χ1) is 9.13. The van der Waals surface area contributed by atoms with Crippen LogP contribution in [0.5, 0.6) is 0 Å². The van der Waals surface area contributed by atoms with E-state index >= 15 is 0 Å². The molecule has 5 heteroatoms. The van der Waals surface area contributed by atoms with E-state index in [-0.39, 0.29) is 18.6 Å². The number of aliphatic hydroxyl groups is 1. The van der Waals surface area contributed by atoms with Gasteiger partial charge in [-0.2, -0.15) is 0 Å². The number of nitrogens with zero attached hydrogens (tertiary/aromatic N) is 1. The second-order valence-electron chi connectivity index (χ2n) is 4.78. The summed E-state index contributed by atoms with van der Waals surface area (Å²) in [5.41, 5.74) is 0.548. The van der Waals surface area contributed by atoms with Crippen LogP contribution in [0.3, 0.4) is 0 Å². The number of likely N-dealkylation sites (tertiary alicyclic amines) is 1. The molecule has 1 saturated heterocycles. The number of hydrogen-bond acceptors (Lipinski definition) is 2. The Labute approximate surface area is 126 Å². The number of hydrogen-bond donors (Lipinski definition) is 1. The van der Waals surface area contributed by atoms with E-state index in [2.05, 4.69) is 15.9 Å². The van der Waals surface area contributed by atoms with Crippen LogP contribution < -0.4 is 0 Å². The highest BCUT2D eigenvalue weighted by molar-refractivity contribution is 9.10. The summed E-state index contributed by atoms with van der Waals surface area (Å²) in [6, 6.07) is 5.56. The second kappa shape index (κ2) is 6.73. The van der Waals surface area contributed by atoms with Gasteiger partial charge in [0.2, 0.25) is 0 Å². The predicted molar refractivity (Wildman–Crippen MR) is 79.5 cm³/mol. The molecule has 1 aromatic carbocycles. The molecule has 1 aliphatic heterocycles. The van der Waals surface area contributed by atoms with Gasteiger partial charge in [0.25, 0.3) is 5.91 Å². The maximum atomic E-state index is 12.6. The number of rotatable bonds is 4. The van der Waals surface area contributed by atoms with E-state index in [0.29, 0.717) is 10.6 Å². The normalized spacial score (nSPS) is 18.9. The van der Waals surface area contributed by atoms with Crippen molar-refractivity contribution in [3.8, 4) is 0 Å². The minimum atomic E-state index is -0.00765. The molecule has 1 fully saturated rings. The zero-order valence-corrected chi connectivity index (χ0v) is 13.0. The third kappa shape index (κ3) is 3.50. The Balaban J connectivity index is 2.16. The fraction of sp³-hybridized carbons (Fsp3) is 0.500. The SMILES string of the molecule is O=C(c1cc(Br)ccc1Cl)N1CCCC1CCCO. The molecule has 1 unspecified atom stereocenters. The van der Waals surface area contributed by atoms with Gasteiger partial charge in [-0.05, 0) is 43.9 Å². The third-order valence-corrected chi connectivity index (χ3v) is 4.32. The van der Waals surface area contributed by atoms with Crippen molar-refractivity contribution in [2.45, 2.75) is 31.7 Å². The fourth-order valence-electron chi connectivity index (χ4n) is 2.55. The summed E-state index contributed by atoms with van der Waals surface area (Å²) in [6.45, 7) is 0.952. The maximum Gasteiger partial charge on any atom is 0.255 e. The molecule has 1 atom stereocenters. The second-order valence-corrected chi connectivity index (χ2v) is 6.11.